The zero-order chi connectivity index (χ0) is 16.6. The van der Waals surface area contributed by atoms with Crippen molar-refractivity contribution in [1.82, 2.24) is 0 Å². The van der Waals surface area contributed by atoms with E-state index in [-0.39, 0.29) is 11.5 Å². The summed E-state index contributed by atoms with van der Waals surface area (Å²) in [5, 5.41) is 8.88. The average molecular weight is 313 g/mol. The minimum Gasteiger partial charge on any atom is -0.478 e. The van der Waals surface area contributed by atoms with Crippen molar-refractivity contribution < 1.29 is 19.1 Å². The molecule has 23 heavy (non-hydrogen) atoms. The Morgan fingerprint density at radius 2 is 1.87 bits per heavy atom. The second kappa shape index (κ2) is 5.83. The Kier molecular flexibility index (Phi) is 3.86. The van der Waals surface area contributed by atoms with Crippen molar-refractivity contribution >= 4 is 17.6 Å². The summed E-state index contributed by atoms with van der Waals surface area (Å²) in [6.45, 7) is 2.50. The SMILES string of the molecule is CCC(=O)N1CCc2cc(-c3ccc(C(=O)O)c(F)c3)ccc21. The molecule has 0 aliphatic carbocycles. The fourth-order valence-electron chi connectivity index (χ4n) is 2.90. The van der Waals surface area contributed by atoms with Crippen LogP contribution in [0.15, 0.2) is 36.4 Å². The van der Waals surface area contributed by atoms with Crippen LogP contribution in [0.2, 0.25) is 0 Å². The molecular formula is C18H16FNO3. The molecule has 3 rings (SSSR count). The van der Waals surface area contributed by atoms with E-state index in [1.165, 1.54) is 12.1 Å². The van der Waals surface area contributed by atoms with Crippen LogP contribution in [0, 0.1) is 5.82 Å². The molecule has 0 fully saturated rings. The van der Waals surface area contributed by atoms with Gasteiger partial charge in [0.05, 0.1) is 5.56 Å². The molecule has 1 amide bonds. The molecule has 1 aliphatic rings. The van der Waals surface area contributed by atoms with Crippen LogP contribution < -0.4 is 4.90 Å². The van der Waals surface area contributed by atoms with Crippen molar-refractivity contribution in [1.29, 1.82) is 0 Å². The molecule has 0 bridgehead atoms. The topological polar surface area (TPSA) is 57.6 Å². The third-order valence-electron chi connectivity index (χ3n) is 4.11. The molecule has 2 aromatic rings. The molecule has 2 aromatic carbocycles. The number of hydrogen-bond donors (Lipinski definition) is 1. The van der Waals surface area contributed by atoms with Crippen molar-refractivity contribution in [3.05, 3.63) is 53.3 Å². The highest BCUT2D eigenvalue weighted by atomic mass is 19.1. The van der Waals surface area contributed by atoms with Gasteiger partial charge in [-0.05, 0) is 47.4 Å². The molecule has 0 saturated carbocycles. The number of fused-ring (bicyclic) bond motifs is 1. The number of anilines is 1. The summed E-state index contributed by atoms with van der Waals surface area (Å²) in [6.07, 6.45) is 1.23. The standard InChI is InChI=1S/C18H16FNO3/c1-2-17(21)20-8-7-13-9-11(4-6-16(13)20)12-3-5-14(18(22)23)15(19)10-12/h3-6,9-10H,2,7-8H2,1H3,(H,22,23). The predicted octanol–water partition coefficient (Wildman–Crippen LogP) is 3.49. The minimum absolute atomic E-state index is 0.0911. The first-order valence-corrected chi connectivity index (χ1v) is 7.47. The number of hydrogen-bond acceptors (Lipinski definition) is 2. The number of carbonyl (C=O) groups is 2. The molecule has 0 radical (unpaired) electrons. The molecule has 4 nitrogen and oxygen atoms in total. The van der Waals surface area contributed by atoms with E-state index in [2.05, 4.69) is 0 Å². The number of rotatable bonds is 3. The Morgan fingerprint density at radius 1 is 1.17 bits per heavy atom. The van der Waals surface area contributed by atoms with Gasteiger partial charge in [0.1, 0.15) is 5.82 Å². The summed E-state index contributed by atoms with van der Waals surface area (Å²) >= 11 is 0. The van der Waals surface area contributed by atoms with Gasteiger partial charge in [-0.15, -0.1) is 0 Å². The molecule has 0 aromatic heterocycles. The van der Waals surface area contributed by atoms with Crippen molar-refractivity contribution in [2.24, 2.45) is 0 Å². The maximum absolute atomic E-state index is 13.8. The van der Waals surface area contributed by atoms with E-state index in [9.17, 15) is 14.0 Å². The first-order valence-electron chi connectivity index (χ1n) is 7.47. The van der Waals surface area contributed by atoms with Gasteiger partial charge in [-0.3, -0.25) is 4.79 Å². The fraction of sp³-hybridized carbons (Fsp3) is 0.222. The molecule has 1 aliphatic heterocycles. The first-order chi connectivity index (χ1) is 11.0. The van der Waals surface area contributed by atoms with Gasteiger partial charge in [-0.2, -0.15) is 0 Å². The van der Waals surface area contributed by atoms with E-state index in [0.29, 0.717) is 18.5 Å². The van der Waals surface area contributed by atoms with Crippen molar-refractivity contribution in [2.45, 2.75) is 19.8 Å². The molecule has 0 atom stereocenters. The van der Waals surface area contributed by atoms with E-state index < -0.39 is 11.8 Å². The van der Waals surface area contributed by atoms with Crippen LogP contribution in [0.25, 0.3) is 11.1 Å². The van der Waals surface area contributed by atoms with Gasteiger partial charge in [-0.1, -0.05) is 19.1 Å². The maximum Gasteiger partial charge on any atom is 0.338 e. The quantitative estimate of drug-likeness (QED) is 0.943. The fourth-order valence-corrected chi connectivity index (χ4v) is 2.90. The number of nitrogens with zero attached hydrogens (tertiary/aromatic N) is 1. The highest BCUT2D eigenvalue weighted by Crippen LogP contribution is 2.33. The third kappa shape index (κ3) is 2.70. The molecule has 5 heteroatoms. The lowest BCUT2D eigenvalue weighted by Crippen LogP contribution is -2.27. The Hall–Kier alpha value is -2.69. The van der Waals surface area contributed by atoms with Crippen LogP contribution in [0.3, 0.4) is 0 Å². The number of carboxylic acid groups (broad SMARTS) is 1. The third-order valence-corrected chi connectivity index (χ3v) is 4.11. The van der Waals surface area contributed by atoms with Crippen LogP contribution in [-0.2, 0) is 11.2 Å². The van der Waals surface area contributed by atoms with E-state index in [4.69, 9.17) is 5.11 Å². The number of amides is 1. The average Bonchev–Trinajstić information content (AvgIpc) is 2.96. The smallest absolute Gasteiger partial charge is 0.338 e. The number of carboxylic acids is 1. The predicted molar refractivity (Wildman–Crippen MR) is 85.1 cm³/mol. The lowest BCUT2D eigenvalue weighted by atomic mass is 10.00. The Bertz CT molecular complexity index is 801. The molecule has 118 valence electrons. The van der Waals surface area contributed by atoms with Crippen molar-refractivity contribution in [3.8, 4) is 11.1 Å². The summed E-state index contributed by atoms with van der Waals surface area (Å²) in [4.78, 5) is 24.5. The van der Waals surface area contributed by atoms with E-state index in [0.717, 1.165) is 23.2 Å². The monoisotopic (exact) mass is 313 g/mol. The first kappa shape index (κ1) is 15.2. The summed E-state index contributed by atoms with van der Waals surface area (Å²) in [5.74, 6) is -1.94. The van der Waals surface area contributed by atoms with E-state index in [1.807, 2.05) is 25.1 Å². The summed E-state index contributed by atoms with van der Waals surface area (Å²) in [7, 11) is 0. The molecule has 0 unspecified atom stereocenters. The highest BCUT2D eigenvalue weighted by molar-refractivity contribution is 5.95. The Morgan fingerprint density at radius 3 is 2.52 bits per heavy atom. The Balaban J connectivity index is 1.96. The van der Waals surface area contributed by atoms with Crippen molar-refractivity contribution in [2.75, 3.05) is 11.4 Å². The zero-order valence-corrected chi connectivity index (χ0v) is 12.7. The molecular weight excluding hydrogens is 297 g/mol. The van der Waals surface area contributed by atoms with Gasteiger partial charge in [0.25, 0.3) is 0 Å². The number of halogens is 1. The van der Waals surface area contributed by atoms with Crippen LogP contribution >= 0.6 is 0 Å². The molecule has 1 N–H and O–H groups in total. The Labute approximate surface area is 133 Å². The largest absolute Gasteiger partial charge is 0.478 e. The molecule has 0 saturated heterocycles. The number of benzene rings is 2. The molecule has 0 spiro atoms. The summed E-state index contributed by atoms with van der Waals surface area (Å²) in [5.41, 5.74) is 3.05. The van der Waals surface area contributed by atoms with E-state index in [1.54, 1.807) is 11.0 Å². The van der Waals surface area contributed by atoms with Gasteiger partial charge in [0.2, 0.25) is 5.91 Å². The number of carbonyl (C=O) groups excluding carboxylic acids is 1. The summed E-state index contributed by atoms with van der Waals surface area (Å²) in [6, 6.07) is 9.73. The van der Waals surface area contributed by atoms with Crippen LogP contribution in [0.5, 0.6) is 0 Å². The van der Waals surface area contributed by atoms with Gasteiger partial charge >= 0.3 is 5.97 Å². The lowest BCUT2D eigenvalue weighted by Gasteiger charge is -2.16. The van der Waals surface area contributed by atoms with E-state index >= 15 is 0 Å². The lowest BCUT2D eigenvalue weighted by molar-refractivity contribution is -0.118. The number of aromatic carboxylic acids is 1. The maximum atomic E-state index is 13.8. The van der Waals surface area contributed by atoms with Crippen LogP contribution in [0.1, 0.15) is 29.3 Å². The highest BCUT2D eigenvalue weighted by Gasteiger charge is 2.23. The summed E-state index contributed by atoms with van der Waals surface area (Å²) < 4.78 is 13.8. The van der Waals surface area contributed by atoms with Crippen LogP contribution in [-0.4, -0.2) is 23.5 Å². The van der Waals surface area contributed by atoms with Gasteiger partial charge in [-0.25, -0.2) is 9.18 Å². The van der Waals surface area contributed by atoms with Crippen molar-refractivity contribution in [3.63, 3.8) is 0 Å². The normalized spacial score (nSPS) is 13.0. The zero-order valence-electron chi connectivity index (χ0n) is 12.7. The minimum atomic E-state index is -1.28. The second-order valence-corrected chi connectivity index (χ2v) is 5.49. The van der Waals surface area contributed by atoms with Gasteiger partial charge in [0.15, 0.2) is 0 Å². The van der Waals surface area contributed by atoms with Gasteiger partial charge in [0, 0.05) is 18.7 Å². The van der Waals surface area contributed by atoms with Gasteiger partial charge < -0.3 is 10.0 Å². The second-order valence-electron chi connectivity index (χ2n) is 5.49. The molecule has 1 heterocycles. The van der Waals surface area contributed by atoms with Crippen LogP contribution in [0.4, 0.5) is 10.1 Å².